The number of esters is 1. The molecule has 0 rings (SSSR count). The molecular weight excluding hydrogens is 725 g/mol. The average Bonchev–Trinajstić information content (AvgIpc) is 3.15. The van der Waals surface area contributed by atoms with E-state index in [9.17, 15) is 19.4 Å². The van der Waals surface area contributed by atoms with Crippen LogP contribution in [0.4, 0.5) is 0 Å². The molecule has 0 aliphatic heterocycles. The van der Waals surface area contributed by atoms with Crippen molar-refractivity contribution in [3.8, 4) is 0 Å². The number of quaternary nitrogens is 1. The number of aliphatic hydroxyl groups is 1. The maximum absolute atomic E-state index is 12.5. The molecule has 3 atom stereocenters. The first-order valence-electron chi connectivity index (χ1n) is 21.8. The number of hydrogen-bond acceptors (Lipinski definition) is 8. The summed E-state index contributed by atoms with van der Waals surface area (Å²) in [6.07, 6.45) is 46.1. The van der Waals surface area contributed by atoms with Crippen molar-refractivity contribution in [1.29, 1.82) is 0 Å². The minimum atomic E-state index is -4.55. The second-order valence-electron chi connectivity index (χ2n) is 15.6. The van der Waals surface area contributed by atoms with Crippen LogP contribution >= 0.6 is 7.82 Å². The van der Waals surface area contributed by atoms with Crippen LogP contribution in [0.1, 0.15) is 155 Å². The second-order valence-corrected chi connectivity index (χ2v) is 17.0. The molecule has 0 saturated carbocycles. The molecule has 0 bridgehead atoms. The Labute approximate surface area is 343 Å². The monoisotopic (exact) mass is 808 g/mol. The van der Waals surface area contributed by atoms with Crippen molar-refractivity contribution in [2.24, 2.45) is 0 Å². The molecule has 10 heteroatoms. The van der Waals surface area contributed by atoms with Gasteiger partial charge in [0, 0.05) is 6.42 Å². The highest BCUT2D eigenvalue weighted by Gasteiger charge is 2.19. The van der Waals surface area contributed by atoms with Gasteiger partial charge in [0.05, 0.1) is 40.1 Å². The number of carbonyl (C=O) groups is 1. The molecule has 56 heavy (non-hydrogen) atoms. The Morgan fingerprint density at radius 2 is 1.23 bits per heavy atom. The topological polar surface area (TPSA) is 114 Å². The predicted octanol–water partition coefficient (Wildman–Crippen LogP) is 11.4. The highest BCUT2D eigenvalue weighted by molar-refractivity contribution is 7.45. The van der Waals surface area contributed by atoms with E-state index in [-0.39, 0.29) is 26.2 Å². The van der Waals surface area contributed by atoms with Gasteiger partial charge in [-0.3, -0.25) is 9.36 Å². The van der Waals surface area contributed by atoms with Gasteiger partial charge in [-0.15, -0.1) is 0 Å². The van der Waals surface area contributed by atoms with Gasteiger partial charge in [-0.25, -0.2) is 0 Å². The lowest BCUT2D eigenvalue weighted by Gasteiger charge is -2.28. The summed E-state index contributed by atoms with van der Waals surface area (Å²) in [6.45, 7) is 4.48. The Hall–Kier alpha value is -2.26. The van der Waals surface area contributed by atoms with Crippen LogP contribution in [0.3, 0.4) is 0 Å². The third kappa shape index (κ3) is 41.4. The van der Waals surface area contributed by atoms with Crippen molar-refractivity contribution >= 4 is 13.8 Å². The minimum absolute atomic E-state index is 0.000301. The Bertz CT molecular complexity index is 1140. The molecule has 9 nitrogen and oxygen atoms in total. The van der Waals surface area contributed by atoms with Gasteiger partial charge in [-0.1, -0.05) is 132 Å². The van der Waals surface area contributed by atoms with Crippen molar-refractivity contribution in [2.75, 3.05) is 47.5 Å². The van der Waals surface area contributed by atoms with E-state index in [4.69, 9.17) is 18.5 Å². The van der Waals surface area contributed by atoms with Crippen LogP contribution in [0.15, 0.2) is 73.1 Å². The minimum Gasteiger partial charge on any atom is -0.756 e. The molecular formula is C46H82NO8P. The zero-order valence-electron chi connectivity index (χ0n) is 36.2. The van der Waals surface area contributed by atoms with E-state index in [0.29, 0.717) is 30.3 Å². The lowest BCUT2D eigenvalue weighted by Crippen LogP contribution is -2.37. The van der Waals surface area contributed by atoms with Gasteiger partial charge in [-0.05, 0) is 83.1 Å². The first-order valence-corrected chi connectivity index (χ1v) is 23.3. The molecule has 0 heterocycles. The Morgan fingerprint density at radius 3 is 1.89 bits per heavy atom. The third-order valence-corrected chi connectivity index (χ3v) is 9.86. The van der Waals surface area contributed by atoms with Gasteiger partial charge in [-0.2, -0.15) is 0 Å². The molecule has 0 spiro atoms. The summed E-state index contributed by atoms with van der Waals surface area (Å²) in [5.74, 6) is -0.397. The molecule has 0 saturated heterocycles. The van der Waals surface area contributed by atoms with Crippen LogP contribution in [0.25, 0.3) is 0 Å². The number of allylic oxidation sites excluding steroid dienone is 9. The summed E-state index contributed by atoms with van der Waals surface area (Å²) in [6, 6.07) is 0. The van der Waals surface area contributed by atoms with Crippen LogP contribution in [0.2, 0.25) is 0 Å². The maximum atomic E-state index is 12.5. The van der Waals surface area contributed by atoms with E-state index < -0.39 is 26.0 Å². The number of likely N-dealkylation sites (N-methyl/N-ethyl adjacent to an activating group) is 1. The molecule has 0 aromatic rings. The molecule has 0 radical (unpaired) electrons. The predicted molar refractivity (Wildman–Crippen MR) is 232 cm³/mol. The lowest BCUT2D eigenvalue weighted by molar-refractivity contribution is -0.870. The van der Waals surface area contributed by atoms with E-state index in [1.54, 1.807) is 12.3 Å². The van der Waals surface area contributed by atoms with Crippen molar-refractivity contribution in [3.63, 3.8) is 0 Å². The van der Waals surface area contributed by atoms with E-state index in [1.807, 2.05) is 51.5 Å². The number of phosphoric ester groups is 1. The van der Waals surface area contributed by atoms with Gasteiger partial charge in [0.1, 0.15) is 19.8 Å². The molecule has 324 valence electrons. The van der Waals surface area contributed by atoms with Crippen molar-refractivity contribution in [1.82, 2.24) is 0 Å². The van der Waals surface area contributed by atoms with E-state index >= 15 is 0 Å². The number of carbonyl (C=O) groups excluding carboxylic acids is 1. The summed E-state index contributed by atoms with van der Waals surface area (Å²) < 4.78 is 34.2. The summed E-state index contributed by atoms with van der Waals surface area (Å²) in [5, 5.41) is 10.1. The van der Waals surface area contributed by atoms with Crippen LogP contribution in [0.5, 0.6) is 0 Å². The van der Waals surface area contributed by atoms with Gasteiger partial charge < -0.3 is 33.0 Å². The summed E-state index contributed by atoms with van der Waals surface area (Å²) in [7, 11) is 1.27. The summed E-state index contributed by atoms with van der Waals surface area (Å²) >= 11 is 0. The SMILES string of the molecule is CCCCC/C=C\C/C=C\CC(O)/C=C\C=C\CCCC(=O)OC[C@H](COP(=O)([O-])OCC[N+](C)(C)C)O/C=C/CCCCCC/C=C\CCCCCCCC. The van der Waals surface area contributed by atoms with Crippen LogP contribution in [-0.4, -0.2) is 75.3 Å². The van der Waals surface area contributed by atoms with Crippen LogP contribution in [-0.2, 0) is 27.9 Å². The Morgan fingerprint density at radius 1 is 0.679 bits per heavy atom. The number of nitrogens with zero attached hydrogens (tertiary/aromatic N) is 1. The van der Waals surface area contributed by atoms with Crippen LogP contribution < -0.4 is 4.89 Å². The Kier molecular flexibility index (Phi) is 36.7. The van der Waals surface area contributed by atoms with Gasteiger partial charge >= 0.3 is 5.97 Å². The molecule has 0 aliphatic rings. The highest BCUT2D eigenvalue weighted by atomic mass is 31.2. The van der Waals surface area contributed by atoms with E-state index in [2.05, 4.69) is 44.2 Å². The average molecular weight is 808 g/mol. The number of phosphoric acid groups is 1. The largest absolute Gasteiger partial charge is 0.756 e. The molecule has 2 unspecified atom stereocenters. The number of hydrogen-bond donors (Lipinski definition) is 1. The molecule has 0 aromatic heterocycles. The van der Waals surface area contributed by atoms with Crippen molar-refractivity contribution in [3.05, 3.63) is 73.1 Å². The summed E-state index contributed by atoms with van der Waals surface area (Å²) in [5.41, 5.74) is 0. The first-order chi connectivity index (χ1) is 27.0. The molecule has 0 aromatic carbocycles. The van der Waals surface area contributed by atoms with Crippen molar-refractivity contribution in [2.45, 2.75) is 167 Å². The highest BCUT2D eigenvalue weighted by Crippen LogP contribution is 2.38. The second kappa shape index (κ2) is 38.3. The molecule has 0 amide bonds. The van der Waals surface area contributed by atoms with Gasteiger partial charge in [0.25, 0.3) is 7.82 Å². The third-order valence-electron chi connectivity index (χ3n) is 8.90. The zero-order valence-corrected chi connectivity index (χ0v) is 37.1. The van der Waals surface area contributed by atoms with E-state index in [1.165, 1.54) is 77.0 Å². The fourth-order valence-corrected chi connectivity index (χ4v) is 6.09. The lowest BCUT2D eigenvalue weighted by atomic mass is 10.1. The quantitative estimate of drug-likeness (QED) is 0.0124. The maximum Gasteiger partial charge on any atom is 0.305 e. The fourth-order valence-electron chi connectivity index (χ4n) is 5.36. The number of aliphatic hydroxyl groups excluding tert-OH is 1. The molecule has 1 N–H and O–H groups in total. The van der Waals surface area contributed by atoms with Crippen LogP contribution in [0, 0.1) is 0 Å². The standard InChI is InChI=1S/C46H82NO8P/c1-6-8-10-12-14-16-17-18-19-20-21-22-24-26-31-35-40-52-45(43-55-56(50,51)54-41-39-47(3,4)5)42-53-46(49)38-34-30-27-29-33-37-44(48)36-32-28-25-23-15-13-11-9-7-2/h15,18-19,23,27-29,32-33,35,37,40,44-45,48H,6-14,16-17,20-22,24-26,30-31,34,36,38-39,41-43H2,1-5H3/b19-18-,23-15-,29-27+,32-28-,37-33-,40-35+/t44?,45-/m1/s1. The summed E-state index contributed by atoms with van der Waals surface area (Å²) in [4.78, 5) is 24.8. The Balaban J connectivity index is 4.51. The molecule has 0 fully saturated rings. The fraction of sp³-hybridized carbons (Fsp3) is 0.717. The zero-order chi connectivity index (χ0) is 41.4. The first kappa shape index (κ1) is 53.7. The normalized spacial score (nSPS) is 15.0. The van der Waals surface area contributed by atoms with Gasteiger partial charge in [0.2, 0.25) is 0 Å². The van der Waals surface area contributed by atoms with E-state index in [0.717, 1.165) is 38.5 Å². The number of ether oxygens (including phenoxy) is 2. The van der Waals surface area contributed by atoms with Crippen molar-refractivity contribution < 1.29 is 42.4 Å². The van der Waals surface area contributed by atoms with Gasteiger partial charge in [0.15, 0.2) is 6.10 Å². The molecule has 0 aliphatic carbocycles. The number of rotatable bonds is 39. The smallest absolute Gasteiger partial charge is 0.305 e. The number of unbranched alkanes of at least 4 members (excludes halogenated alkanes) is 15.